The number of halogens is 1. The molecule has 0 bridgehead atoms. The van der Waals surface area contributed by atoms with Gasteiger partial charge in [0.05, 0.1) is 36.2 Å². The summed E-state index contributed by atoms with van der Waals surface area (Å²) in [6.45, 7) is 5.06. The lowest BCUT2D eigenvalue weighted by Crippen LogP contribution is -2.62. The van der Waals surface area contributed by atoms with Crippen LogP contribution in [0.5, 0.6) is 5.75 Å². The van der Waals surface area contributed by atoms with E-state index in [1.54, 1.807) is 23.1 Å². The number of ether oxygens (including phenoxy) is 1. The highest BCUT2D eigenvalue weighted by molar-refractivity contribution is 7.91. The second-order valence-corrected chi connectivity index (χ2v) is 9.68. The molecule has 0 aromatic heterocycles. The number of fused-ring (bicyclic) bond motifs is 1. The van der Waals surface area contributed by atoms with Gasteiger partial charge in [0.15, 0.2) is 9.84 Å². The number of hydrogen-bond donors (Lipinski definition) is 0. The predicted octanol–water partition coefficient (Wildman–Crippen LogP) is 1.82. The van der Waals surface area contributed by atoms with E-state index in [4.69, 9.17) is 16.3 Å². The Hall–Kier alpha value is -1.31. The summed E-state index contributed by atoms with van der Waals surface area (Å²) in [6, 6.07) is 4.56. The Labute approximate surface area is 153 Å². The van der Waals surface area contributed by atoms with E-state index in [2.05, 4.69) is 13.8 Å². The molecule has 1 aromatic carbocycles. The van der Waals surface area contributed by atoms with Crippen LogP contribution in [0.3, 0.4) is 0 Å². The fourth-order valence-corrected chi connectivity index (χ4v) is 6.00. The van der Waals surface area contributed by atoms with Crippen LogP contribution in [0.2, 0.25) is 5.02 Å². The smallest absolute Gasteiger partial charge is 0.241 e. The molecule has 2 saturated heterocycles. The zero-order valence-corrected chi connectivity index (χ0v) is 16.2. The molecule has 2 aliphatic rings. The van der Waals surface area contributed by atoms with Gasteiger partial charge in [0.2, 0.25) is 5.91 Å². The van der Waals surface area contributed by atoms with Gasteiger partial charge in [-0.3, -0.25) is 9.69 Å². The van der Waals surface area contributed by atoms with Crippen molar-refractivity contribution in [1.29, 1.82) is 0 Å². The van der Waals surface area contributed by atoms with E-state index in [1.807, 2.05) is 4.90 Å². The van der Waals surface area contributed by atoms with Crippen molar-refractivity contribution in [2.75, 3.05) is 36.6 Å². The Morgan fingerprint density at radius 3 is 2.56 bits per heavy atom. The van der Waals surface area contributed by atoms with Crippen LogP contribution < -0.4 is 9.64 Å². The molecular formula is C17H23ClN2O4S. The molecule has 1 aromatic rings. The van der Waals surface area contributed by atoms with Crippen molar-refractivity contribution in [3.8, 4) is 5.75 Å². The van der Waals surface area contributed by atoms with Gasteiger partial charge in [-0.15, -0.1) is 0 Å². The lowest BCUT2D eigenvalue weighted by molar-refractivity contribution is -0.123. The van der Waals surface area contributed by atoms with Gasteiger partial charge in [-0.25, -0.2) is 8.42 Å². The summed E-state index contributed by atoms with van der Waals surface area (Å²) in [5, 5.41) is 0.398. The summed E-state index contributed by atoms with van der Waals surface area (Å²) in [7, 11) is -1.65. The van der Waals surface area contributed by atoms with E-state index in [0.29, 0.717) is 28.9 Å². The maximum atomic E-state index is 12.8. The van der Waals surface area contributed by atoms with Crippen LogP contribution in [0, 0.1) is 5.92 Å². The number of piperazine rings is 1. The fraction of sp³-hybridized carbons (Fsp3) is 0.588. The van der Waals surface area contributed by atoms with Crippen LogP contribution in [-0.2, 0) is 14.6 Å². The number of amides is 1. The molecule has 0 N–H and O–H groups in total. The number of nitrogens with zero attached hydrogens (tertiary/aromatic N) is 2. The molecular weight excluding hydrogens is 364 g/mol. The number of anilines is 1. The molecule has 0 spiro atoms. The van der Waals surface area contributed by atoms with Gasteiger partial charge in [-0.05, 0) is 24.1 Å². The van der Waals surface area contributed by atoms with Crippen LogP contribution in [0.1, 0.15) is 13.8 Å². The van der Waals surface area contributed by atoms with Crippen molar-refractivity contribution >= 4 is 33.0 Å². The molecule has 138 valence electrons. The van der Waals surface area contributed by atoms with E-state index in [-0.39, 0.29) is 36.0 Å². The average molecular weight is 387 g/mol. The first-order valence-electron chi connectivity index (χ1n) is 8.32. The Kier molecular flexibility index (Phi) is 5.01. The highest BCUT2D eigenvalue weighted by Crippen LogP contribution is 2.35. The third kappa shape index (κ3) is 3.64. The first-order chi connectivity index (χ1) is 11.7. The number of carbonyl (C=O) groups excluding carboxylic acids is 1. The normalized spacial score (nSPS) is 26.1. The van der Waals surface area contributed by atoms with E-state index < -0.39 is 9.84 Å². The SMILES string of the molecule is COc1ccc(N2C(=O)CN(CC(C)C)C3CS(=O)(=O)CC32)cc1Cl. The molecule has 0 saturated carbocycles. The van der Waals surface area contributed by atoms with Crippen LogP contribution in [0.4, 0.5) is 5.69 Å². The molecule has 25 heavy (non-hydrogen) atoms. The standard InChI is InChI=1S/C17H23ClN2O4S/c1-11(2)7-19-8-17(21)20(15-10-25(22,23)9-14(15)19)12-4-5-16(24-3)13(18)6-12/h4-6,11,14-15H,7-10H2,1-3H3. The summed E-state index contributed by atoms with van der Waals surface area (Å²) in [6.07, 6.45) is 0. The van der Waals surface area contributed by atoms with Crippen molar-refractivity contribution in [2.45, 2.75) is 25.9 Å². The number of benzene rings is 1. The molecule has 0 radical (unpaired) electrons. The van der Waals surface area contributed by atoms with Gasteiger partial charge in [0.25, 0.3) is 0 Å². The first-order valence-corrected chi connectivity index (χ1v) is 10.5. The van der Waals surface area contributed by atoms with E-state index in [0.717, 1.165) is 0 Å². The Balaban J connectivity index is 1.97. The zero-order valence-electron chi connectivity index (χ0n) is 14.6. The van der Waals surface area contributed by atoms with Gasteiger partial charge in [0.1, 0.15) is 5.75 Å². The van der Waals surface area contributed by atoms with Gasteiger partial charge < -0.3 is 9.64 Å². The summed E-state index contributed by atoms with van der Waals surface area (Å²) >= 11 is 6.20. The van der Waals surface area contributed by atoms with Crippen molar-refractivity contribution < 1.29 is 17.9 Å². The maximum Gasteiger partial charge on any atom is 0.241 e. The number of hydrogen-bond acceptors (Lipinski definition) is 5. The second-order valence-electron chi connectivity index (χ2n) is 7.12. The van der Waals surface area contributed by atoms with Gasteiger partial charge in [0, 0.05) is 18.3 Å². The first kappa shape index (κ1) is 18.5. The van der Waals surface area contributed by atoms with E-state index in [9.17, 15) is 13.2 Å². The van der Waals surface area contributed by atoms with Crippen molar-refractivity contribution in [3.05, 3.63) is 23.2 Å². The van der Waals surface area contributed by atoms with Gasteiger partial charge in [-0.1, -0.05) is 25.4 Å². The van der Waals surface area contributed by atoms with Crippen molar-refractivity contribution in [3.63, 3.8) is 0 Å². The minimum atomic E-state index is -3.18. The van der Waals surface area contributed by atoms with Crippen LogP contribution in [-0.4, -0.2) is 63.0 Å². The third-order valence-corrected chi connectivity index (χ3v) is 6.71. The summed E-state index contributed by atoms with van der Waals surface area (Å²) in [4.78, 5) is 16.4. The molecule has 2 aliphatic heterocycles. The lowest BCUT2D eigenvalue weighted by Gasteiger charge is -2.44. The van der Waals surface area contributed by atoms with Crippen molar-refractivity contribution in [1.82, 2.24) is 4.90 Å². The third-order valence-electron chi connectivity index (χ3n) is 4.71. The predicted molar refractivity (Wildman–Crippen MR) is 98.1 cm³/mol. The second kappa shape index (κ2) is 6.78. The Morgan fingerprint density at radius 1 is 1.28 bits per heavy atom. The van der Waals surface area contributed by atoms with Crippen molar-refractivity contribution in [2.24, 2.45) is 5.92 Å². The van der Waals surface area contributed by atoms with E-state index in [1.165, 1.54) is 7.11 Å². The van der Waals surface area contributed by atoms with Gasteiger partial charge in [-0.2, -0.15) is 0 Å². The fourth-order valence-electron chi connectivity index (χ4n) is 3.77. The summed E-state index contributed by atoms with van der Waals surface area (Å²) in [5.41, 5.74) is 0.618. The maximum absolute atomic E-state index is 12.8. The monoisotopic (exact) mass is 386 g/mol. The summed E-state index contributed by atoms with van der Waals surface area (Å²) < 4.78 is 29.7. The minimum Gasteiger partial charge on any atom is -0.495 e. The van der Waals surface area contributed by atoms with Crippen LogP contribution in [0.25, 0.3) is 0 Å². The number of rotatable bonds is 4. The molecule has 2 unspecified atom stereocenters. The lowest BCUT2D eigenvalue weighted by atomic mass is 10.0. The molecule has 2 heterocycles. The van der Waals surface area contributed by atoms with E-state index >= 15 is 0 Å². The molecule has 3 rings (SSSR count). The number of methoxy groups -OCH3 is 1. The average Bonchev–Trinajstić information content (AvgIpc) is 2.82. The quantitative estimate of drug-likeness (QED) is 0.789. The number of carbonyl (C=O) groups is 1. The van der Waals surface area contributed by atoms with Gasteiger partial charge >= 0.3 is 0 Å². The molecule has 0 aliphatic carbocycles. The molecule has 1 amide bonds. The Morgan fingerprint density at radius 2 is 1.96 bits per heavy atom. The van der Waals surface area contributed by atoms with Crippen LogP contribution >= 0.6 is 11.6 Å². The molecule has 2 atom stereocenters. The summed E-state index contributed by atoms with van der Waals surface area (Å²) in [5.74, 6) is 0.866. The Bertz CT molecular complexity index is 781. The molecule has 8 heteroatoms. The molecule has 6 nitrogen and oxygen atoms in total. The minimum absolute atomic E-state index is 0.0123. The topological polar surface area (TPSA) is 66.9 Å². The highest BCUT2D eigenvalue weighted by atomic mass is 35.5. The number of sulfone groups is 1. The highest BCUT2D eigenvalue weighted by Gasteiger charge is 2.49. The largest absolute Gasteiger partial charge is 0.495 e. The van der Waals surface area contributed by atoms with Crippen LogP contribution in [0.15, 0.2) is 18.2 Å². The molecule has 2 fully saturated rings. The zero-order chi connectivity index (χ0) is 18.4.